The molecule has 1 aromatic carbocycles. The second-order valence-corrected chi connectivity index (χ2v) is 4.55. The molecule has 1 unspecified atom stereocenters. The molecular weight excluding hydrogens is 276 g/mol. The van der Waals surface area contributed by atoms with Crippen LogP contribution in [0.4, 0.5) is 0 Å². The highest BCUT2D eigenvalue weighted by atomic mass is 16.6. The number of carboxylic acid groups (broad SMARTS) is 1. The molecule has 0 amide bonds. The van der Waals surface area contributed by atoms with Crippen LogP contribution in [0.25, 0.3) is 0 Å². The van der Waals surface area contributed by atoms with Gasteiger partial charge < -0.3 is 25.2 Å². The largest absolute Gasteiger partial charge is 0.482 e. The Bertz CT molecular complexity index is 518. The fourth-order valence-corrected chi connectivity index (χ4v) is 1.91. The average molecular weight is 294 g/mol. The molecule has 0 aliphatic carbocycles. The standard InChI is InChI=1S/C14H18N2O5/c15-4-5-19-8-11-7-13(21-16-11)10-2-1-3-12(6-10)20-9-14(17)18/h1-3,6,13H,4-5,7-9,15H2,(H,17,18). The summed E-state index contributed by atoms with van der Waals surface area (Å²) >= 11 is 0. The molecule has 1 aromatic rings. The van der Waals surface area contributed by atoms with E-state index in [-0.39, 0.29) is 12.7 Å². The Hall–Kier alpha value is -2.12. The maximum Gasteiger partial charge on any atom is 0.341 e. The van der Waals surface area contributed by atoms with Crippen LogP contribution in [-0.2, 0) is 14.4 Å². The molecule has 21 heavy (non-hydrogen) atoms. The SMILES string of the molecule is NCCOCC1=NOC(c2cccc(OCC(=O)O)c2)C1. The number of carboxylic acids is 1. The second kappa shape index (κ2) is 7.61. The molecule has 0 saturated carbocycles. The quantitative estimate of drug-likeness (QED) is 0.692. The molecule has 0 spiro atoms. The third kappa shape index (κ3) is 4.73. The van der Waals surface area contributed by atoms with Gasteiger partial charge in [-0.2, -0.15) is 0 Å². The zero-order valence-corrected chi connectivity index (χ0v) is 11.5. The predicted molar refractivity (Wildman–Crippen MR) is 75.3 cm³/mol. The van der Waals surface area contributed by atoms with Gasteiger partial charge in [0, 0.05) is 13.0 Å². The van der Waals surface area contributed by atoms with Crippen LogP contribution in [0.2, 0.25) is 0 Å². The zero-order chi connectivity index (χ0) is 15.1. The first-order valence-corrected chi connectivity index (χ1v) is 6.63. The van der Waals surface area contributed by atoms with Crippen LogP contribution in [0.3, 0.4) is 0 Å². The topological polar surface area (TPSA) is 103 Å². The summed E-state index contributed by atoms with van der Waals surface area (Å²) < 4.78 is 10.5. The minimum absolute atomic E-state index is 0.199. The lowest BCUT2D eigenvalue weighted by atomic mass is 10.0. The molecule has 3 N–H and O–H groups in total. The Labute approximate surface area is 122 Å². The second-order valence-electron chi connectivity index (χ2n) is 4.55. The lowest BCUT2D eigenvalue weighted by molar-refractivity contribution is -0.139. The monoisotopic (exact) mass is 294 g/mol. The van der Waals surface area contributed by atoms with Gasteiger partial charge in [-0.3, -0.25) is 0 Å². The summed E-state index contributed by atoms with van der Waals surface area (Å²) in [7, 11) is 0. The van der Waals surface area contributed by atoms with E-state index in [2.05, 4.69) is 5.16 Å². The van der Waals surface area contributed by atoms with E-state index in [1.54, 1.807) is 18.2 Å². The molecule has 0 bridgehead atoms. The maximum atomic E-state index is 10.5. The Morgan fingerprint density at radius 1 is 1.52 bits per heavy atom. The van der Waals surface area contributed by atoms with Gasteiger partial charge in [-0.05, 0) is 17.7 Å². The van der Waals surface area contributed by atoms with E-state index >= 15 is 0 Å². The van der Waals surface area contributed by atoms with Crippen LogP contribution >= 0.6 is 0 Å². The Morgan fingerprint density at radius 2 is 2.38 bits per heavy atom. The maximum absolute atomic E-state index is 10.5. The average Bonchev–Trinajstić information content (AvgIpc) is 2.95. The van der Waals surface area contributed by atoms with Crippen molar-refractivity contribution in [3.63, 3.8) is 0 Å². The van der Waals surface area contributed by atoms with Gasteiger partial charge in [0.05, 0.1) is 18.9 Å². The number of nitrogens with zero attached hydrogens (tertiary/aromatic N) is 1. The van der Waals surface area contributed by atoms with Crippen LogP contribution in [0.5, 0.6) is 5.75 Å². The van der Waals surface area contributed by atoms with E-state index in [0.29, 0.717) is 31.9 Å². The van der Waals surface area contributed by atoms with E-state index in [1.807, 2.05) is 6.07 Å². The highest BCUT2D eigenvalue weighted by Gasteiger charge is 2.23. The Morgan fingerprint density at radius 3 is 3.14 bits per heavy atom. The van der Waals surface area contributed by atoms with E-state index in [1.165, 1.54) is 0 Å². The molecule has 1 aliphatic rings. The van der Waals surface area contributed by atoms with Crippen LogP contribution in [0.1, 0.15) is 18.1 Å². The van der Waals surface area contributed by atoms with Crippen LogP contribution < -0.4 is 10.5 Å². The van der Waals surface area contributed by atoms with E-state index in [0.717, 1.165) is 11.3 Å². The normalized spacial score (nSPS) is 17.2. The van der Waals surface area contributed by atoms with Crippen molar-refractivity contribution in [2.24, 2.45) is 10.9 Å². The number of aliphatic carboxylic acids is 1. The summed E-state index contributed by atoms with van der Waals surface area (Å²) in [5.74, 6) is -0.522. The molecule has 2 rings (SSSR count). The highest BCUT2D eigenvalue weighted by Crippen LogP contribution is 2.29. The third-order valence-corrected chi connectivity index (χ3v) is 2.85. The molecule has 1 heterocycles. The first kappa shape index (κ1) is 15.3. The third-order valence-electron chi connectivity index (χ3n) is 2.85. The Kier molecular flexibility index (Phi) is 5.53. The molecule has 7 nitrogen and oxygen atoms in total. The number of benzene rings is 1. The van der Waals surface area contributed by atoms with Crippen LogP contribution in [0, 0.1) is 0 Å². The van der Waals surface area contributed by atoms with Crippen molar-refractivity contribution in [2.75, 3.05) is 26.4 Å². The number of ether oxygens (including phenoxy) is 2. The number of hydrogen-bond acceptors (Lipinski definition) is 6. The van der Waals surface area contributed by atoms with Gasteiger partial charge >= 0.3 is 5.97 Å². The highest BCUT2D eigenvalue weighted by molar-refractivity contribution is 5.86. The smallest absolute Gasteiger partial charge is 0.341 e. The van der Waals surface area contributed by atoms with Crippen molar-refractivity contribution in [3.05, 3.63) is 29.8 Å². The summed E-state index contributed by atoms with van der Waals surface area (Å²) in [6.45, 7) is 0.995. The van der Waals surface area contributed by atoms with Crippen molar-refractivity contribution >= 4 is 11.7 Å². The van der Waals surface area contributed by atoms with Crippen molar-refractivity contribution in [1.29, 1.82) is 0 Å². The van der Waals surface area contributed by atoms with Crippen molar-refractivity contribution in [1.82, 2.24) is 0 Å². The van der Waals surface area contributed by atoms with Gasteiger partial charge in [-0.15, -0.1) is 0 Å². The summed E-state index contributed by atoms with van der Waals surface area (Å²) in [6, 6.07) is 7.14. The van der Waals surface area contributed by atoms with Gasteiger partial charge in [-0.1, -0.05) is 17.3 Å². The van der Waals surface area contributed by atoms with Gasteiger partial charge in [0.15, 0.2) is 12.7 Å². The van der Waals surface area contributed by atoms with Gasteiger partial charge in [-0.25, -0.2) is 4.79 Å². The van der Waals surface area contributed by atoms with Crippen molar-refractivity contribution in [3.8, 4) is 5.75 Å². The molecule has 1 aliphatic heterocycles. The van der Waals surface area contributed by atoms with Crippen molar-refractivity contribution < 1.29 is 24.2 Å². The fourth-order valence-electron chi connectivity index (χ4n) is 1.91. The Balaban J connectivity index is 1.88. The fraction of sp³-hybridized carbons (Fsp3) is 0.429. The number of nitrogens with two attached hydrogens (primary N) is 1. The zero-order valence-electron chi connectivity index (χ0n) is 11.5. The van der Waals surface area contributed by atoms with E-state index in [9.17, 15) is 4.79 Å². The minimum Gasteiger partial charge on any atom is -0.482 e. The minimum atomic E-state index is -1.01. The lowest BCUT2D eigenvalue weighted by Gasteiger charge is -2.10. The first-order chi connectivity index (χ1) is 10.2. The van der Waals surface area contributed by atoms with Crippen molar-refractivity contribution in [2.45, 2.75) is 12.5 Å². The van der Waals surface area contributed by atoms with Gasteiger partial charge in [0.2, 0.25) is 0 Å². The van der Waals surface area contributed by atoms with Crippen LogP contribution in [-0.4, -0.2) is 43.2 Å². The molecule has 1 atom stereocenters. The summed E-state index contributed by atoms with van der Waals surface area (Å²) in [4.78, 5) is 15.9. The molecular formula is C14H18N2O5. The van der Waals surface area contributed by atoms with E-state index in [4.69, 9.17) is 25.2 Å². The number of carbonyl (C=O) groups is 1. The van der Waals surface area contributed by atoms with Gasteiger partial charge in [0.1, 0.15) is 5.75 Å². The van der Waals surface area contributed by atoms with E-state index < -0.39 is 5.97 Å². The van der Waals surface area contributed by atoms with Crippen LogP contribution in [0.15, 0.2) is 29.4 Å². The first-order valence-electron chi connectivity index (χ1n) is 6.63. The number of hydrogen-bond donors (Lipinski definition) is 2. The molecule has 0 aromatic heterocycles. The predicted octanol–water partition coefficient (Wildman–Crippen LogP) is 0.943. The molecule has 0 fully saturated rings. The number of oxime groups is 1. The number of rotatable bonds is 8. The summed E-state index contributed by atoms with van der Waals surface area (Å²) in [5, 5.41) is 12.6. The van der Waals surface area contributed by atoms with Gasteiger partial charge in [0.25, 0.3) is 0 Å². The lowest BCUT2D eigenvalue weighted by Crippen LogP contribution is -2.14. The molecule has 0 radical (unpaired) electrons. The molecule has 114 valence electrons. The molecule has 0 saturated heterocycles. The molecule has 7 heteroatoms. The summed E-state index contributed by atoms with van der Waals surface area (Å²) in [6.07, 6.45) is 0.433. The summed E-state index contributed by atoms with van der Waals surface area (Å²) in [5.41, 5.74) is 7.06.